The van der Waals surface area contributed by atoms with Gasteiger partial charge in [-0.2, -0.15) is 0 Å². The van der Waals surface area contributed by atoms with E-state index in [2.05, 4.69) is 160 Å². The van der Waals surface area contributed by atoms with Gasteiger partial charge >= 0.3 is 0 Å². The monoisotopic (exact) mass is 1070 g/mol. The summed E-state index contributed by atoms with van der Waals surface area (Å²) < 4.78 is 56.9. The van der Waals surface area contributed by atoms with E-state index in [1.807, 2.05) is 36.5 Å². The number of hydrogen-bond acceptors (Lipinski definition) is 3. The summed E-state index contributed by atoms with van der Waals surface area (Å²) >= 11 is 0. The first kappa shape index (κ1) is 38.6. The fraction of sp³-hybridized carbons (Fsp3) is 0.180. The second kappa shape index (κ2) is 18.3. The predicted molar refractivity (Wildman–Crippen MR) is 282 cm³/mol. The summed E-state index contributed by atoms with van der Waals surface area (Å²) in [4.78, 5) is 9.72. The second-order valence-corrected chi connectivity index (χ2v) is 23.9. The number of furan rings is 1. The molecule has 11 aromatic rings. The van der Waals surface area contributed by atoms with Crippen LogP contribution < -0.4 is 5.19 Å². The second-order valence-electron chi connectivity index (χ2n) is 18.8. The van der Waals surface area contributed by atoms with Crippen LogP contribution in [0.25, 0.3) is 94.0 Å². The van der Waals surface area contributed by atoms with Crippen LogP contribution in [0.1, 0.15) is 70.0 Å². The van der Waals surface area contributed by atoms with Gasteiger partial charge in [0.05, 0.1) is 30.5 Å². The number of aromatic nitrogens is 3. The van der Waals surface area contributed by atoms with Crippen LogP contribution in [0.2, 0.25) is 19.6 Å². The molecular formula is C61H55IrN3OSi-2. The topological polar surface area (TPSA) is 43.9 Å². The zero-order valence-corrected chi connectivity index (χ0v) is 42.1. The summed E-state index contributed by atoms with van der Waals surface area (Å²) in [7, 11) is -1.34. The Labute approximate surface area is 417 Å². The number of pyridine rings is 1. The summed E-state index contributed by atoms with van der Waals surface area (Å²) in [6.45, 7) is 11.2. The Kier molecular flexibility index (Phi) is 10.6. The molecule has 3 aromatic heterocycles. The van der Waals surface area contributed by atoms with Crippen molar-refractivity contribution < 1.29 is 32.7 Å². The Hall–Kier alpha value is -6.43. The van der Waals surface area contributed by atoms with Gasteiger partial charge in [0.1, 0.15) is 5.58 Å². The SMILES string of the molecule is [2H]C([2H])([2H])c1c[c-]c(-c2ccc([Si](C)(C)C)cn2)cc1.[2H]C([2H])([2H])c1cccc2nc(-c3[c-]ccc4c3oc3cc5c(ccc6ccccc65)cc34)n(-c3c(C(C)C)cc(-c4ccccc4)cc3C(C)C)c12.[Ir]. The van der Waals surface area contributed by atoms with Crippen LogP contribution in [0.5, 0.6) is 0 Å². The van der Waals surface area contributed by atoms with Gasteiger partial charge in [0.2, 0.25) is 0 Å². The molecule has 0 N–H and O–H groups in total. The van der Waals surface area contributed by atoms with Crippen LogP contribution >= 0.6 is 0 Å². The number of nitrogens with zero attached hydrogens (tertiary/aromatic N) is 3. The van der Waals surface area contributed by atoms with Gasteiger partial charge in [0.25, 0.3) is 0 Å². The number of aryl methyl sites for hydroxylation is 2. The molecular weight excluding hydrogens is 1010 g/mol. The molecule has 0 saturated carbocycles. The molecule has 6 heteroatoms. The maximum absolute atomic E-state index is 8.65. The summed E-state index contributed by atoms with van der Waals surface area (Å²) in [6.07, 6.45) is 1.92. The van der Waals surface area contributed by atoms with Crippen LogP contribution in [-0.4, -0.2) is 22.6 Å². The molecule has 0 unspecified atom stereocenters. The number of imidazole rings is 1. The van der Waals surface area contributed by atoms with E-state index in [4.69, 9.17) is 17.6 Å². The zero-order chi connectivity index (χ0) is 50.9. The van der Waals surface area contributed by atoms with Crippen LogP contribution in [0.4, 0.5) is 0 Å². The average Bonchev–Trinajstić information content (AvgIpc) is 3.93. The van der Waals surface area contributed by atoms with Crippen LogP contribution in [0.3, 0.4) is 0 Å². The normalized spacial score (nSPS) is 13.5. The maximum atomic E-state index is 8.65. The molecule has 4 nitrogen and oxygen atoms in total. The van der Waals surface area contributed by atoms with Crippen molar-refractivity contribution in [3.8, 4) is 39.5 Å². The Morgan fingerprint density at radius 1 is 0.657 bits per heavy atom. The molecule has 0 atom stereocenters. The van der Waals surface area contributed by atoms with Crippen molar-refractivity contribution in [1.82, 2.24) is 14.5 Å². The van der Waals surface area contributed by atoms with Crippen molar-refractivity contribution in [2.24, 2.45) is 0 Å². The van der Waals surface area contributed by atoms with Crippen molar-refractivity contribution in [2.45, 2.75) is 72.9 Å². The first-order valence-electron chi connectivity index (χ1n) is 25.7. The number of rotatable bonds is 7. The Morgan fingerprint density at radius 3 is 2.10 bits per heavy atom. The zero-order valence-electron chi connectivity index (χ0n) is 44.7. The quantitative estimate of drug-likeness (QED) is 0.0907. The van der Waals surface area contributed by atoms with E-state index in [1.165, 1.54) is 22.0 Å². The minimum absolute atomic E-state index is 0. The molecule has 0 aliphatic carbocycles. The first-order chi connectivity index (χ1) is 34.3. The van der Waals surface area contributed by atoms with Gasteiger partial charge < -0.3 is 14.0 Å². The van der Waals surface area contributed by atoms with E-state index in [0.717, 1.165) is 66.3 Å². The fourth-order valence-electron chi connectivity index (χ4n) is 9.12. The molecule has 0 fully saturated rings. The van der Waals surface area contributed by atoms with E-state index in [1.54, 1.807) is 24.3 Å². The average molecular weight is 1070 g/mol. The molecule has 0 spiro atoms. The van der Waals surface area contributed by atoms with Gasteiger partial charge in [-0.25, -0.2) is 0 Å². The predicted octanol–water partition coefficient (Wildman–Crippen LogP) is 16.3. The standard InChI is InChI=1S/C46H37N2O.C15H18NSi.Ir/c1-27(2)37-24-33(30-14-7-6-8-15-30)25-38(28(3)4)44(37)48-43-29(5)13-11-20-41(43)47-46(48)36-19-12-18-35-40-23-32-22-21-31-16-9-10-17-34(31)39(32)26-42(40)49-45(35)36;1-12-5-7-13(8-6-12)15-10-9-14(11-16-15)17(2,3)4;/h6-18,20-28H,1-5H3;5-7,9-11H,1-4H3;/q2*-1;/i5D3;1D3;. The van der Waals surface area contributed by atoms with Crippen LogP contribution in [0, 0.1) is 25.8 Å². The molecule has 0 aliphatic rings. The first-order valence-corrected chi connectivity index (χ1v) is 26.2. The van der Waals surface area contributed by atoms with Crippen molar-refractivity contribution >= 4 is 67.8 Å². The minimum atomic E-state index is -2.37. The van der Waals surface area contributed by atoms with Crippen molar-refractivity contribution in [1.29, 1.82) is 0 Å². The Bertz CT molecular complexity index is 3730. The largest absolute Gasteiger partial charge is 0.501 e. The van der Waals surface area contributed by atoms with Gasteiger partial charge in [-0.1, -0.05) is 156 Å². The van der Waals surface area contributed by atoms with E-state index in [-0.39, 0.29) is 37.5 Å². The number of fused-ring (bicyclic) bond motifs is 7. The van der Waals surface area contributed by atoms with E-state index < -0.39 is 21.8 Å². The molecule has 0 amide bonds. The van der Waals surface area contributed by atoms with Crippen molar-refractivity contribution in [2.75, 3.05) is 0 Å². The molecule has 67 heavy (non-hydrogen) atoms. The van der Waals surface area contributed by atoms with Crippen LogP contribution in [-0.2, 0) is 20.1 Å². The van der Waals surface area contributed by atoms with Gasteiger partial charge in [-0.15, -0.1) is 53.6 Å². The molecule has 0 aliphatic heterocycles. The summed E-state index contributed by atoms with van der Waals surface area (Å²) in [5, 5.41) is 7.90. The van der Waals surface area contributed by atoms with E-state index >= 15 is 0 Å². The Balaban J connectivity index is 0.000000264. The third-order valence-electron chi connectivity index (χ3n) is 12.7. The molecule has 0 saturated heterocycles. The Morgan fingerprint density at radius 2 is 1.42 bits per heavy atom. The number of para-hydroxylation sites is 1. The maximum Gasteiger partial charge on any atom is 0.121 e. The smallest absolute Gasteiger partial charge is 0.121 e. The van der Waals surface area contributed by atoms with E-state index in [0.29, 0.717) is 33.6 Å². The van der Waals surface area contributed by atoms with Crippen LogP contribution in [0.15, 0.2) is 162 Å². The molecule has 3 heterocycles. The minimum Gasteiger partial charge on any atom is -0.501 e. The van der Waals surface area contributed by atoms with Crippen molar-refractivity contribution in [3.63, 3.8) is 0 Å². The van der Waals surface area contributed by atoms with E-state index in [9.17, 15) is 0 Å². The molecule has 0 bridgehead atoms. The molecule has 8 aromatic carbocycles. The van der Waals surface area contributed by atoms with Gasteiger partial charge in [-0.3, -0.25) is 4.98 Å². The molecule has 1 radical (unpaired) electrons. The van der Waals surface area contributed by atoms with Crippen molar-refractivity contribution in [3.05, 3.63) is 192 Å². The van der Waals surface area contributed by atoms with Gasteiger partial charge in [0, 0.05) is 45.6 Å². The summed E-state index contributed by atoms with van der Waals surface area (Å²) in [5.41, 5.74) is 11.0. The summed E-state index contributed by atoms with van der Waals surface area (Å²) in [6, 6.07) is 56.9. The number of benzene rings is 8. The number of hydrogen-bond donors (Lipinski definition) is 0. The van der Waals surface area contributed by atoms with Gasteiger partial charge in [-0.05, 0) is 109 Å². The third-order valence-corrected chi connectivity index (χ3v) is 14.7. The molecule has 335 valence electrons. The third kappa shape index (κ3) is 8.59. The van der Waals surface area contributed by atoms with Gasteiger partial charge in [0.15, 0.2) is 0 Å². The fourth-order valence-corrected chi connectivity index (χ4v) is 10.2. The summed E-state index contributed by atoms with van der Waals surface area (Å²) in [5.74, 6) is 0.840. The molecule has 11 rings (SSSR count).